The van der Waals surface area contributed by atoms with Crippen molar-refractivity contribution in [1.82, 2.24) is 0 Å². The Bertz CT molecular complexity index is 229. The molecule has 1 rings (SSSR count). The van der Waals surface area contributed by atoms with Crippen LogP contribution in [0.1, 0.15) is 18.5 Å². The quantitative estimate of drug-likeness (QED) is 0.503. The van der Waals surface area contributed by atoms with Crippen molar-refractivity contribution in [3.05, 3.63) is 35.9 Å². The second-order valence-electron chi connectivity index (χ2n) is 2.38. The number of nitrogens with zero attached hydrogens (tertiary/aromatic N) is 1. The molecule has 0 radical (unpaired) electrons. The number of hydrogen-bond donors (Lipinski definition) is 1. The summed E-state index contributed by atoms with van der Waals surface area (Å²) in [5, 5.41) is 0. The maximum absolute atomic E-state index is 5.18. The molecule has 0 spiro atoms. The van der Waals surface area contributed by atoms with E-state index in [0.717, 1.165) is 0 Å². The molecule has 0 bridgehead atoms. The van der Waals surface area contributed by atoms with E-state index in [4.69, 9.17) is 5.73 Å². The van der Waals surface area contributed by atoms with E-state index in [9.17, 15) is 0 Å². The van der Waals surface area contributed by atoms with E-state index in [-0.39, 0.29) is 6.04 Å². The predicted octanol–water partition coefficient (Wildman–Crippen LogP) is 1.73. The van der Waals surface area contributed by atoms with Crippen LogP contribution in [0.15, 0.2) is 35.3 Å². The maximum Gasteiger partial charge on any atom is 0.0805 e. The first kappa shape index (κ1) is 7.79. The van der Waals surface area contributed by atoms with Gasteiger partial charge in [0.2, 0.25) is 0 Å². The lowest BCUT2D eigenvalue weighted by Gasteiger charge is -2.03. The van der Waals surface area contributed by atoms with Gasteiger partial charge in [0.15, 0.2) is 0 Å². The minimum Gasteiger partial charge on any atom is -0.390 e. The van der Waals surface area contributed by atoms with Crippen LogP contribution in [-0.4, -0.2) is 6.34 Å². The average molecular weight is 148 g/mol. The Morgan fingerprint density at radius 3 is 2.55 bits per heavy atom. The fraction of sp³-hybridized carbons (Fsp3) is 0.222. The van der Waals surface area contributed by atoms with Gasteiger partial charge in [-0.25, -0.2) is 0 Å². The van der Waals surface area contributed by atoms with Crippen LogP contribution in [0.5, 0.6) is 0 Å². The first-order valence-electron chi connectivity index (χ1n) is 3.63. The lowest BCUT2D eigenvalue weighted by atomic mass is 10.1. The van der Waals surface area contributed by atoms with Gasteiger partial charge in [-0.15, -0.1) is 0 Å². The highest BCUT2D eigenvalue weighted by atomic mass is 14.8. The molecule has 11 heavy (non-hydrogen) atoms. The molecule has 0 aliphatic carbocycles. The molecule has 0 heterocycles. The molecule has 1 aromatic carbocycles. The molecule has 2 N–H and O–H groups in total. The molecule has 0 saturated carbocycles. The van der Waals surface area contributed by atoms with E-state index >= 15 is 0 Å². The molecular formula is C9H12N2. The summed E-state index contributed by atoms with van der Waals surface area (Å²) in [7, 11) is 0. The van der Waals surface area contributed by atoms with Crippen LogP contribution in [0.25, 0.3) is 0 Å². The van der Waals surface area contributed by atoms with Crippen molar-refractivity contribution >= 4 is 6.34 Å². The fourth-order valence-electron chi connectivity index (χ4n) is 0.947. The van der Waals surface area contributed by atoms with E-state index in [1.807, 2.05) is 37.3 Å². The zero-order valence-electron chi connectivity index (χ0n) is 6.57. The number of nitrogens with two attached hydrogens (primary N) is 1. The third-order valence-electron chi connectivity index (χ3n) is 1.59. The summed E-state index contributed by atoms with van der Waals surface area (Å²) in [6.07, 6.45) is 1.34. The molecule has 0 aliphatic rings. The predicted molar refractivity (Wildman–Crippen MR) is 47.5 cm³/mol. The van der Waals surface area contributed by atoms with Gasteiger partial charge in [0.25, 0.3) is 0 Å². The van der Waals surface area contributed by atoms with Gasteiger partial charge in [-0.05, 0) is 12.5 Å². The molecular weight excluding hydrogens is 136 g/mol. The monoisotopic (exact) mass is 148 g/mol. The van der Waals surface area contributed by atoms with Gasteiger partial charge in [-0.2, -0.15) is 0 Å². The Morgan fingerprint density at radius 1 is 1.36 bits per heavy atom. The summed E-state index contributed by atoms with van der Waals surface area (Å²) in [6.45, 7) is 2.01. The topological polar surface area (TPSA) is 38.4 Å². The second kappa shape index (κ2) is 3.76. The molecule has 0 aromatic heterocycles. The van der Waals surface area contributed by atoms with Crippen LogP contribution in [0, 0.1) is 0 Å². The number of rotatable bonds is 2. The molecule has 0 saturated heterocycles. The van der Waals surface area contributed by atoms with Crippen LogP contribution in [0.3, 0.4) is 0 Å². The van der Waals surface area contributed by atoms with Gasteiger partial charge in [-0.3, -0.25) is 4.99 Å². The fourth-order valence-corrected chi connectivity index (χ4v) is 0.947. The number of hydrogen-bond acceptors (Lipinski definition) is 1. The molecule has 2 heteroatoms. The maximum atomic E-state index is 5.18. The normalized spacial score (nSPS) is 13.5. The van der Waals surface area contributed by atoms with Crippen molar-refractivity contribution in [3.63, 3.8) is 0 Å². The third kappa shape index (κ3) is 2.08. The first-order valence-corrected chi connectivity index (χ1v) is 3.63. The van der Waals surface area contributed by atoms with E-state index in [1.165, 1.54) is 11.9 Å². The van der Waals surface area contributed by atoms with Crippen molar-refractivity contribution in [2.24, 2.45) is 10.7 Å². The summed E-state index contributed by atoms with van der Waals surface area (Å²) >= 11 is 0. The number of aliphatic imine (C=N–C) groups is 1. The number of benzene rings is 1. The van der Waals surface area contributed by atoms with Gasteiger partial charge in [0.05, 0.1) is 12.4 Å². The van der Waals surface area contributed by atoms with Crippen LogP contribution in [0.4, 0.5) is 0 Å². The highest BCUT2D eigenvalue weighted by Crippen LogP contribution is 2.14. The van der Waals surface area contributed by atoms with E-state index in [0.29, 0.717) is 0 Å². The SMILES string of the molecule is CC(N=CN)c1ccccc1. The molecule has 0 fully saturated rings. The molecule has 0 aliphatic heterocycles. The van der Waals surface area contributed by atoms with Gasteiger partial charge in [0, 0.05) is 0 Å². The Balaban J connectivity index is 2.76. The van der Waals surface area contributed by atoms with Crippen LogP contribution >= 0.6 is 0 Å². The average Bonchev–Trinajstić information content (AvgIpc) is 2.07. The largest absolute Gasteiger partial charge is 0.390 e. The van der Waals surface area contributed by atoms with Crippen molar-refractivity contribution in [3.8, 4) is 0 Å². The van der Waals surface area contributed by atoms with Gasteiger partial charge in [-0.1, -0.05) is 30.3 Å². The summed E-state index contributed by atoms with van der Waals surface area (Å²) in [4.78, 5) is 4.05. The van der Waals surface area contributed by atoms with Crippen LogP contribution < -0.4 is 5.73 Å². The minimum absolute atomic E-state index is 0.168. The first-order chi connectivity index (χ1) is 5.34. The lowest BCUT2D eigenvalue weighted by molar-refractivity contribution is 0.823. The van der Waals surface area contributed by atoms with Crippen molar-refractivity contribution in [1.29, 1.82) is 0 Å². The highest BCUT2D eigenvalue weighted by Gasteiger charge is 1.98. The Morgan fingerprint density at radius 2 is 2.00 bits per heavy atom. The third-order valence-corrected chi connectivity index (χ3v) is 1.59. The summed E-state index contributed by atoms with van der Waals surface area (Å²) in [6, 6.07) is 10.2. The zero-order valence-corrected chi connectivity index (χ0v) is 6.57. The second-order valence-corrected chi connectivity index (χ2v) is 2.38. The standard InChI is InChI=1S/C9H12N2/c1-8(11-7-10)9-5-3-2-4-6-9/h2-8H,1H3,(H2,10,11). The highest BCUT2D eigenvalue weighted by molar-refractivity contribution is 5.51. The molecule has 1 unspecified atom stereocenters. The summed E-state index contributed by atoms with van der Waals surface area (Å²) in [5.41, 5.74) is 6.36. The van der Waals surface area contributed by atoms with Crippen molar-refractivity contribution < 1.29 is 0 Å². The van der Waals surface area contributed by atoms with Crippen LogP contribution in [-0.2, 0) is 0 Å². The van der Waals surface area contributed by atoms with Crippen molar-refractivity contribution in [2.45, 2.75) is 13.0 Å². The molecule has 2 nitrogen and oxygen atoms in total. The van der Waals surface area contributed by atoms with E-state index in [1.54, 1.807) is 0 Å². The molecule has 0 amide bonds. The molecule has 1 atom stereocenters. The summed E-state index contributed by atoms with van der Waals surface area (Å²) in [5.74, 6) is 0. The van der Waals surface area contributed by atoms with E-state index < -0.39 is 0 Å². The summed E-state index contributed by atoms with van der Waals surface area (Å²) < 4.78 is 0. The van der Waals surface area contributed by atoms with Gasteiger partial charge in [0.1, 0.15) is 0 Å². The van der Waals surface area contributed by atoms with E-state index in [2.05, 4.69) is 4.99 Å². The Labute approximate surface area is 66.8 Å². The Hall–Kier alpha value is -1.31. The van der Waals surface area contributed by atoms with Crippen LogP contribution in [0.2, 0.25) is 0 Å². The van der Waals surface area contributed by atoms with Gasteiger partial charge < -0.3 is 5.73 Å². The Kier molecular flexibility index (Phi) is 2.66. The zero-order chi connectivity index (χ0) is 8.10. The lowest BCUT2D eigenvalue weighted by Crippen LogP contribution is -1.94. The van der Waals surface area contributed by atoms with Crippen molar-refractivity contribution in [2.75, 3.05) is 0 Å². The van der Waals surface area contributed by atoms with Gasteiger partial charge >= 0.3 is 0 Å². The minimum atomic E-state index is 0.168. The molecule has 1 aromatic rings. The smallest absolute Gasteiger partial charge is 0.0805 e. The molecule has 58 valence electrons.